The van der Waals surface area contributed by atoms with E-state index >= 15 is 0 Å². The van der Waals surface area contributed by atoms with Gasteiger partial charge >= 0.3 is 0 Å². The van der Waals surface area contributed by atoms with Crippen LogP contribution in [0.1, 0.15) is 48.5 Å². The molecular formula is C16H33N3O2. The second-order valence-electron chi connectivity index (χ2n) is 8.04. The topological polar surface area (TPSA) is 67.6 Å². The molecule has 1 amide bonds. The largest absolute Gasteiger partial charge is 0.373 e. The molecule has 0 saturated carbocycles. The van der Waals surface area contributed by atoms with Crippen molar-refractivity contribution in [2.24, 2.45) is 11.1 Å². The molecule has 2 unspecified atom stereocenters. The Kier molecular flexibility index (Phi) is 5.81. The second-order valence-corrected chi connectivity index (χ2v) is 8.04. The lowest BCUT2D eigenvalue weighted by atomic mass is 9.86. The zero-order chi connectivity index (χ0) is 16.4. The molecule has 5 heteroatoms. The van der Waals surface area contributed by atoms with Gasteiger partial charge in [0.15, 0.2) is 0 Å². The molecule has 1 aliphatic rings. The number of nitrogens with one attached hydrogen (secondary N) is 1. The van der Waals surface area contributed by atoms with Gasteiger partial charge in [0.25, 0.3) is 0 Å². The molecule has 1 saturated heterocycles. The summed E-state index contributed by atoms with van der Waals surface area (Å²) < 4.78 is 5.77. The maximum atomic E-state index is 12.2. The van der Waals surface area contributed by atoms with Gasteiger partial charge in [-0.2, -0.15) is 0 Å². The number of rotatable bonds is 4. The number of morpholine rings is 1. The number of amides is 1. The number of carbonyl (C=O) groups excluding carboxylic acids is 1. The maximum Gasteiger partial charge on any atom is 0.237 e. The molecule has 0 radical (unpaired) electrons. The quantitative estimate of drug-likeness (QED) is 0.822. The first-order valence-electron chi connectivity index (χ1n) is 7.87. The van der Waals surface area contributed by atoms with Crippen LogP contribution in [0.3, 0.4) is 0 Å². The summed E-state index contributed by atoms with van der Waals surface area (Å²) in [7, 11) is 0. The van der Waals surface area contributed by atoms with E-state index in [0.717, 1.165) is 13.1 Å². The van der Waals surface area contributed by atoms with Crippen molar-refractivity contribution in [3.63, 3.8) is 0 Å². The minimum atomic E-state index is -0.490. The Morgan fingerprint density at radius 1 is 1.24 bits per heavy atom. The lowest BCUT2D eigenvalue weighted by Gasteiger charge is -2.45. The highest BCUT2D eigenvalue weighted by molar-refractivity contribution is 5.82. The summed E-state index contributed by atoms with van der Waals surface area (Å²) in [6, 6.07) is -0.490. The van der Waals surface area contributed by atoms with Crippen LogP contribution >= 0.6 is 0 Å². The van der Waals surface area contributed by atoms with Crippen LogP contribution in [0.4, 0.5) is 0 Å². The van der Waals surface area contributed by atoms with E-state index in [-0.39, 0.29) is 29.1 Å². The standard InChI is InChI=1S/C16H33N3O2/c1-11-8-19(9-12(2)21-11)16(6,7)10-18-14(20)13(17)15(3,4)5/h11-13H,8-10,17H2,1-7H3,(H,18,20)/t11?,12?,13-/m1/s1. The number of hydrogen-bond acceptors (Lipinski definition) is 4. The molecule has 1 heterocycles. The number of nitrogens with two attached hydrogens (primary N) is 1. The van der Waals surface area contributed by atoms with Crippen LogP contribution in [-0.2, 0) is 9.53 Å². The van der Waals surface area contributed by atoms with Crippen LogP contribution in [-0.4, -0.2) is 54.2 Å². The third kappa shape index (κ3) is 5.24. The minimum absolute atomic E-state index is 0.0788. The number of ether oxygens (including phenoxy) is 1. The van der Waals surface area contributed by atoms with Crippen LogP contribution in [0.15, 0.2) is 0 Å². The third-order valence-electron chi connectivity index (χ3n) is 4.19. The van der Waals surface area contributed by atoms with Gasteiger partial charge in [-0.15, -0.1) is 0 Å². The summed E-state index contributed by atoms with van der Waals surface area (Å²) in [5, 5.41) is 3.01. The molecule has 21 heavy (non-hydrogen) atoms. The van der Waals surface area contributed by atoms with Crippen molar-refractivity contribution in [2.45, 2.75) is 72.3 Å². The van der Waals surface area contributed by atoms with Crippen molar-refractivity contribution in [1.29, 1.82) is 0 Å². The SMILES string of the molecule is CC1CN(C(C)(C)CNC(=O)[C@@H](N)C(C)(C)C)CC(C)O1. The first kappa shape index (κ1) is 18.4. The van der Waals surface area contributed by atoms with E-state index in [2.05, 4.69) is 37.9 Å². The van der Waals surface area contributed by atoms with E-state index in [1.54, 1.807) is 0 Å². The molecule has 0 aromatic rings. The van der Waals surface area contributed by atoms with Crippen LogP contribution in [0.2, 0.25) is 0 Å². The molecule has 0 aromatic heterocycles. The summed E-state index contributed by atoms with van der Waals surface area (Å²) >= 11 is 0. The van der Waals surface area contributed by atoms with Crippen molar-refractivity contribution < 1.29 is 9.53 Å². The predicted octanol–water partition coefficient (Wildman–Crippen LogP) is 1.36. The Bertz CT molecular complexity index is 353. The van der Waals surface area contributed by atoms with Gasteiger partial charge in [-0.1, -0.05) is 20.8 Å². The average molecular weight is 299 g/mol. The van der Waals surface area contributed by atoms with E-state index < -0.39 is 6.04 Å². The molecule has 1 rings (SSSR count). The predicted molar refractivity (Wildman–Crippen MR) is 86.1 cm³/mol. The van der Waals surface area contributed by atoms with Crippen molar-refractivity contribution in [2.75, 3.05) is 19.6 Å². The van der Waals surface area contributed by atoms with Gasteiger partial charge in [-0.05, 0) is 33.1 Å². The fourth-order valence-electron chi connectivity index (χ4n) is 2.59. The average Bonchev–Trinajstić information content (AvgIpc) is 2.32. The van der Waals surface area contributed by atoms with Gasteiger partial charge in [-0.3, -0.25) is 9.69 Å². The highest BCUT2D eigenvalue weighted by Gasteiger charge is 2.34. The molecule has 0 bridgehead atoms. The normalized spacial score (nSPS) is 26.5. The first-order valence-corrected chi connectivity index (χ1v) is 7.87. The third-order valence-corrected chi connectivity index (χ3v) is 4.19. The molecule has 1 aliphatic heterocycles. The van der Waals surface area contributed by atoms with Gasteiger partial charge in [0.1, 0.15) is 0 Å². The molecular weight excluding hydrogens is 266 g/mol. The molecule has 124 valence electrons. The molecule has 5 nitrogen and oxygen atoms in total. The van der Waals surface area contributed by atoms with Crippen molar-refractivity contribution >= 4 is 5.91 Å². The van der Waals surface area contributed by atoms with E-state index in [1.165, 1.54) is 0 Å². The minimum Gasteiger partial charge on any atom is -0.373 e. The summed E-state index contributed by atoms with van der Waals surface area (Å²) in [5.41, 5.74) is 5.66. The Hall–Kier alpha value is -0.650. The van der Waals surface area contributed by atoms with Crippen LogP contribution < -0.4 is 11.1 Å². The zero-order valence-corrected chi connectivity index (χ0v) is 14.7. The Balaban J connectivity index is 2.58. The Morgan fingerprint density at radius 3 is 2.14 bits per heavy atom. The molecule has 0 aliphatic carbocycles. The van der Waals surface area contributed by atoms with Crippen molar-refractivity contribution in [3.8, 4) is 0 Å². The monoisotopic (exact) mass is 299 g/mol. The van der Waals surface area contributed by atoms with Gasteiger partial charge in [0, 0.05) is 25.2 Å². The van der Waals surface area contributed by atoms with Gasteiger partial charge in [-0.25, -0.2) is 0 Å². The fraction of sp³-hybridized carbons (Fsp3) is 0.938. The highest BCUT2D eigenvalue weighted by atomic mass is 16.5. The zero-order valence-electron chi connectivity index (χ0n) is 14.7. The lowest BCUT2D eigenvalue weighted by Crippen LogP contribution is -2.60. The number of nitrogens with zero attached hydrogens (tertiary/aromatic N) is 1. The second kappa shape index (κ2) is 6.63. The molecule has 0 spiro atoms. The molecule has 3 atom stereocenters. The van der Waals surface area contributed by atoms with E-state index in [9.17, 15) is 4.79 Å². The smallest absolute Gasteiger partial charge is 0.237 e. The Morgan fingerprint density at radius 2 is 1.71 bits per heavy atom. The summed E-state index contributed by atoms with van der Waals surface area (Å²) in [4.78, 5) is 14.6. The summed E-state index contributed by atoms with van der Waals surface area (Å²) in [6.07, 6.45) is 0.445. The van der Waals surface area contributed by atoms with Gasteiger partial charge in [0.05, 0.1) is 18.2 Å². The van der Waals surface area contributed by atoms with E-state index in [0.29, 0.717) is 6.54 Å². The van der Waals surface area contributed by atoms with Crippen LogP contribution in [0, 0.1) is 5.41 Å². The molecule has 1 fully saturated rings. The van der Waals surface area contributed by atoms with Gasteiger partial charge < -0.3 is 15.8 Å². The summed E-state index contributed by atoms with van der Waals surface area (Å²) in [5.74, 6) is -0.0788. The molecule has 0 aromatic carbocycles. The van der Waals surface area contributed by atoms with E-state index in [4.69, 9.17) is 10.5 Å². The van der Waals surface area contributed by atoms with Crippen molar-refractivity contribution in [1.82, 2.24) is 10.2 Å². The number of hydrogen-bond donors (Lipinski definition) is 2. The lowest BCUT2D eigenvalue weighted by molar-refractivity contribution is -0.126. The molecule has 3 N–H and O–H groups in total. The van der Waals surface area contributed by atoms with Crippen molar-refractivity contribution in [3.05, 3.63) is 0 Å². The number of carbonyl (C=O) groups is 1. The highest BCUT2D eigenvalue weighted by Crippen LogP contribution is 2.21. The summed E-state index contributed by atoms with van der Waals surface area (Å²) in [6.45, 7) is 16.8. The fourth-order valence-corrected chi connectivity index (χ4v) is 2.59. The van der Waals surface area contributed by atoms with Crippen LogP contribution in [0.25, 0.3) is 0 Å². The van der Waals surface area contributed by atoms with Gasteiger partial charge in [0.2, 0.25) is 5.91 Å². The Labute approximate surface area is 129 Å². The first-order chi connectivity index (χ1) is 9.43. The van der Waals surface area contributed by atoms with E-state index in [1.807, 2.05) is 20.8 Å². The maximum absolute atomic E-state index is 12.2. The van der Waals surface area contributed by atoms with Crippen LogP contribution in [0.5, 0.6) is 0 Å².